The Bertz CT molecular complexity index is 3160. The van der Waals surface area contributed by atoms with Gasteiger partial charge >= 0.3 is 8.74 Å². The summed E-state index contributed by atoms with van der Waals surface area (Å²) in [5.74, 6) is 9.31. The Balaban J connectivity index is -0.000000244. The van der Waals surface area contributed by atoms with E-state index < -0.39 is 73.3 Å². The Kier molecular flexibility index (Phi) is 74.9. The molecule has 2 rings (SSSR count). The molecular formula is C87H174F2O13S10Si9. The second-order valence-electron chi connectivity index (χ2n) is 41.5. The van der Waals surface area contributed by atoms with Crippen LogP contribution in [0.2, 0.25) is 216 Å². The summed E-state index contributed by atoms with van der Waals surface area (Å²) in [7, 11) is -12.0. The molecule has 2 aromatic carbocycles. The molecule has 0 aliphatic rings. The number of halogens is 2. The van der Waals surface area contributed by atoms with Crippen LogP contribution < -0.4 is 9.47 Å². The summed E-state index contributed by atoms with van der Waals surface area (Å²) < 4.78 is 46.6. The van der Waals surface area contributed by atoms with Gasteiger partial charge in [0.15, 0.2) is 52.8 Å². The summed E-state index contributed by atoms with van der Waals surface area (Å²) in [5.41, 5.74) is 2.28. The lowest BCUT2D eigenvalue weighted by atomic mass is 9.98. The second-order valence-corrected chi connectivity index (χ2v) is 103. The first-order chi connectivity index (χ1) is 54.1. The summed E-state index contributed by atoms with van der Waals surface area (Å²) >= 11 is 14.2. The van der Waals surface area contributed by atoms with E-state index in [0.717, 1.165) is 95.6 Å². The molecule has 0 bridgehead atoms. The first kappa shape index (κ1) is 134. The van der Waals surface area contributed by atoms with E-state index in [2.05, 4.69) is 213 Å². The van der Waals surface area contributed by atoms with Crippen LogP contribution in [0.3, 0.4) is 0 Å². The van der Waals surface area contributed by atoms with Gasteiger partial charge in [0.2, 0.25) is 0 Å². The molecule has 0 aliphatic heterocycles. The van der Waals surface area contributed by atoms with Crippen molar-refractivity contribution >= 4 is 237 Å². The maximum absolute atomic E-state index is 12.2. The van der Waals surface area contributed by atoms with E-state index in [-0.39, 0.29) is 72.4 Å². The first-order valence-corrected chi connectivity index (χ1v) is 83.4. The largest absolute Gasteiger partial charge is 0.494 e. The van der Waals surface area contributed by atoms with E-state index >= 15 is 0 Å². The van der Waals surface area contributed by atoms with Gasteiger partial charge in [-0.15, -0.1) is 0 Å². The van der Waals surface area contributed by atoms with Gasteiger partial charge in [0, 0.05) is 174 Å². The summed E-state index contributed by atoms with van der Waals surface area (Å²) in [6.07, 6.45) is 0. The number of hydrogen-bond acceptors (Lipinski definition) is 23. The number of thioether (sulfide) groups is 10. The molecule has 0 fully saturated rings. The van der Waals surface area contributed by atoms with Crippen LogP contribution in [0.15, 0.2) is 48.5 Å². The number of hydrogen-bond donors (Lipinski definition) is 0. The van der Waals surface area contributed by atoms with Crippen molar-refractivity contribution in [1.29, 1.82) is 0 Å². The maximum atomic E-state index is 12.2. The van der Waals surface area contributed by atoms with Gasteiger partial charge in [0.05, 0.1) is 28.7 Å². The van der Waals surface area contributed by atoms with Crippen molar-refractivity contribution in [3.8, 4) is 11.5 Å². The summed E-state index contributed by atoms with van der Waals surface area (Å²) in [5, 5.41) is 2.12. The quantitative estimate of drug-likeness (QED) is 0.0265. The highest BCUT2D eigenvalue weighted by atomic mass is 32.2. The molecule has 0 N–H and O–H groups in total. The van der Waals surface area contributed by atoms with Gasteiger partial charge in [-0.1, -0.05) is 343 Å². The van der Waals surface area contributed by atoms with E-state index in [0.29, 0.717) is 23.5 Å². The molecule has 0 amide bonds. The Morgan fingerprint density at radius 3 is 0.983 bits per heavy atom. The smallest absolute Gasteiger partial charge is 0.422 e. The van der Waals surface area contributed by atoms with Gasteiger partial charge in [0.1, 0.15) is 11.5 Å². The van der Waals surface area contributed by atoms with Crippen molar-refractivity contribution < 1.29 is 70.3 Å². The normalized spacial score (nSPS) is 12.2. The fourth-order valence-corrected chi connectivity index (χ4v) is 33.1. The van der Waals surface area contributed by atoms with Gasteiger partial charge in [-0.25, -0.2) is 0 Å². The Morgan fingerprint density at radius 1 is 0.331 bits per heavy atom. The SMILES string of the molecule is CC(=O)SC(C)(C)C(C)(C)[Si](C)(C)C.CC(=O)SC(C)(C)C[Si](C)(C)C.CC(=O)SCC(C)(C)[Si](C)(C)C.CC(=O)SCCSCC[Si](C)(C)C.CC(=O)SCC[Si](C)(C)C.CC(=O)SCC[Si](C)(F)F.CC(=O)SCOCC[Si](C)(C)C.CC(=O)SCc1ccc(OCC[Si](C)(C)C)cc1.CC(=O)SCc1ccc(OCOCC[Si](C)(C)C)cc1. The zero-order valence-corrected chi connectivity index (χ0v) is 101. The predicted molar refractivity (Wildman–Crippen MR) is 580 cm³/mol. The third-order valence-electron chi connectivity index (χ3n) is 17.9. The van der Waals surface area contributed by atoms with Crippen molar-refractivity contribution in [3.05, 3.63) is 59.7 Å². The predicted octanol–water partition coefficient (Wildman–Crippen LogP) is 30.1. The molecule has 2 aromatic rings. The zero-order chi connectivity index (χ0) is 96.7. The molecular weight excluding hydrogens is 1860 g/mol. The van der Waals surface area contributed by atoms with Crippen LogP contribution >= 0.6 is 118 Å². The Morgan fingerprint density at radius 2 is 0.661 bits per heavy atom. The number of benzene rings is 2. The minimum absolute atomic E-state index is 0.0311. The summed E-state index contributed by atoms with van der Waals surface area (Å²) in [4.78, 5) is 96.5. The van der Waals surface area contributed by atoms with E-state index in [1.807, 2.05) is 60.3 Å². The van der Waals surface area contributed by atoms with Crippen LogP contribution in [0.1, 0.15) is 129 Å². The van der Waals surface area contributed by atoms with E-state index in [9.17, 15) is 51.4 Å². The van der Waals surface area contributed by atoms with Crippen LogP contribution in [0, 0.1) is 0 Å². The van der Waals surface area contributed by atoms with Crippen molar-refractivity contribution in [3.63, 3.8) is 0 Å². The Hall–Kier alpha value is 0.302. The van der Waals surface area contributed by atoms with Crippen molar-refractivity contribution in [2.24, 2.45) is 0 Å². The summed E-state index contributed by atoms with van der Waals surface area (Å²) in [6, 6.07) is 23.1. The van der Waals surface area contributed by atoms with Gasteiger partial charge in [-0.2, -0.15) is 11.8 Å². The zero-order valence-electron chi connectivity index (χ0n) is 83.9. The van der Waals surface area contributed by atoms with E-state index in [4.69, 9.17) is 18.9 Å². The van der Waals surface area contributed by atoms with Gasteiger partial charge in [-0.3, -0.25) is 51.4 Å². The van der Waals surface area contributed by atoms with Crippen molar-refractivity contribution in [2.45, 2.75) is 355 Å². The lowest BCUT2D eigenvalue weighted by Crippen LogP contribution is -2.47. The number of carbonyl (C=O) groups is 9. The molecule has 121 heavy (non-hydrogen) atoms. The van der Waals surface area contributed by atoms with Gasteiger partial charge < -0.3 is 18.9 Å². The van der Waals surface area contributed by atoms with E-state index in [1.54, 1.807) is 55.4 Å². The molecule has 34 heteroatoms. The lowest BCUT2D eigenvalue weighted by molar-refractivity contribution is -0.110. The molecule has 0 saturated carbocycles. The highest BCUT2D eigenvalue weighted by Gasteiger charge is 2.47. The minimum Gasteiger partial charge on any atom is -0.494 e. The first-order valence-electron chi connectivity index (χ1n) is 42.0. The highest BCUT2D eigenvalue weighted by Crippen LogP contribution is 2.53. The monoisotopic (exact) mass is 2040 g/mol. The molecule has 0 radical (unpaired) electrons. The third-order valence-corrected chi connectivity index (χ3v) is 49.6. The third kappa shape index (κ3) is 102. The topological polar surface area (TPSA) is 191 Å². The minimum atomic E-state index is -3.90. The van der Waals surface area contributed by atoms with Crippen LogP contribution in [-0.2, 0) is 64.1 Å². The van der Waals surface area contributed by atoms with Gasteiger partial charge in [0.25, 0.3) is 0 Å². The molecule has 13 nitrogen and oxygen atoms in total. The van der Waals surface area contributed by atoms with Crippen molar-refractivity contribution in [2.75, 3.05) is 67.1 Å². The van der Waals surface area contributed by atoms with Crippen LogP contribution in [0.4, 0.5) is 8.22 Å². The van der Waals surface area contributed by atoms with Crippen molar-refractivity contribution in [1.82, 2.24) is 0 Å². The number of rotatable bonds is 40. The molecule has 710 valence electrons. The molecule has 0 atom stereocenters. The number of ether oxygens (including phenoxy) is 4. The van der Waals surface area contributed by atoms with Crippen LogP contribution in [0.5, 0.6) is 11.5 Å². The fraction of sp³-hybridized carbons (Fsp3) is 0.759. The number of carbonyl (C=O) groups excluding carboxylic acids is 9. The second kappa shape index (κ2) is 67.5. The molecule has 0 aliphatic carbocycles. The lowest BCUT2D eigenvalue weighted by Gasteiger charge is -2.48. The van der Waals surface area contributed by atoms with E-state index in [1.165, 1.54) is 137 Å². The van der Waals surface area contributed by atoms with Crippen LogP contribution in [-0.4, -0.2) is 196 Å². The fourth-order valence-electron chi connectivity index (χ4n) is 8.51. The molecule has 0 saturated heterocycles. The average Bonchev–Trinajstić information content (AvgIpc) is 0.776. The average molecular weight is 2040 g/mol. The molecule has 0 aromatic heterocycles. The molecule has 0 unspecified atom stereocenters. The van der Waals surface area contributed by atoms with Gasteiger partial charge in [-0.05, 0) is 99.8 Å². The van der Waals surface area contributed by atoms with Crippen LogP contribution in [0.25, 0.3) is 0 Å². The standard InChI is InChI=1S/C15H24O3SSi.C14H22O2SSi.C11H24OSSi.C9H20OS2Si.2C9H20OSSi.C8H18O2SSi.C7H16OSSi.C5H10F2OSSi/c1-13(16)19-11-14-5-7-15(8-6-14)18-12-17-9-10-20(2,3)4;1-12(15)17-11-13-5-7-14(8-6-13)16-9-10-18(2,3)4;1-9(12)13-10(2,3)11(4,5)14(6,7)8;1-9(10)12-6-5-11-7-8-13(2,3)4;1-8(10)11-9(2,3)7-12(4,5)6;1-8(10)11-7-9(2,3)12(4,5)6;1-8(9)11-7-10-5-6-12(2,3)4;1-7(8)9-5-6-10(2,3)4;1-5(8)9-3-4-10(2,6)7/h5-8H,9-12H2,1-4H3;5-8H,9-11H2,1-4H3;1-8H3;5-8H2,1-4H3;2*7H2,1-6H3;5-7H2,1-4H3;5-6H2,1-4H3;3-4H2,1-2H3. The maximum Gasteiger partial charge on any atom is 0.422 e. The summed E-state index contributed by atoms with van der Waals surface area (Å²) in [6.45, 7) is 92.2. The highest BCUT2D eigenvalue weighted by molar-refractivity contribution is 8.16. The molecule has 0 heterocycles. The Labute approximate surface area is 792 Å². The molecule has 0 spiro atoms.